The molecule has 1 aromatic carbocycles. The van der Waals surface area contributed by atoms with Crippen LogP contribution in [-0.2, 0) is 12.7 Å². The fourth-order valence-corrected chi connectivity index (χ4v) is 6.24. The lowest BCUT2D eigenvalue weighted by atomic mass is 10.0. The average Bonchev–Trinajstić information content (AvgIpc) is 2.95. The molecule has 1 amide bonds. The number of aromatic nitrogens is 2. The fraction of sp³-hybridized carbons (Fsp3) is 0.414. The first-order valence-corrected chi connectivity index (χ1v) is 14.6. The van der Waals surface area contributed by atoms with Crippen LogP contribution in [0.2, 0.25) is 0 Å². The van der Waals surface area contributed by atoms with Crippen molar-refractivity contribution in [2.75, 3.05) is 24.5 Å². The molecule has 2 unspecified atom stereocenters. The van der Waals surface area contributed by atoms with Crippen LogP contribution in [-0.4, -0.2) is 56.6 Å². The van der Waals surface area contributed by atoms with Crippen molar-refractivity contribution in [2.24, 2.45) is 0 Å². The predicted octanol–water partition coefficient (Wildman–Crippen LogP) is 5.70. The van der Waals surface area contributed by atoms with E-state index in [2.05, 4.69) is 47.7 Å². The molecule has 2 aromatic heterocycles. The number of nitrogens with zero attached hydrogens (tertiary/aromatic N) is 4. The lowest BCUT2D eigenvalue weighted by Gasteiger charge is -2.36. The average molecular weight is 665 g/mol. The number of alkyl halides is 4. The molecule has 2 aliphatic heterocycles. The van der Waals surface area contributed by atoms with Crippen molar-refractivity contribution >= 4 is 34.2 Å². The molecule has 4 heterocycles. The number of carbonyl (C=O) groups is 1. The molecule has 2 atom stereocenters. The van der Waals surface area contributed by atoms with Crippen LogP contribution >= 0.6 is 22.6 Å². The molecule has 2 aliphatic rings. The van der Waals surface area contributed by atoms with Gasteiger partial charge >= 0.3 is 6.18 Å². The first-order valence-electron chi connectivity index (χ1n) is 13.4. The first kappa shape index (κ1) is 28.6. The fourth-order valence-electron chi connectivity index (χ4n) is 5.15. The topological polar surface area (TPSA) is 70.6 Å². The van der Waals surface area contributed by atoms with Crippen LogP contribution in [0.15, 0.2) is 67.1 Å². The highest BCUT2D eigenvalue weighted by Gasteiger charge is 2.31. The molecule has 3 aromatic rings. The molecule has 0 spiro atoms. The zero-order chi connectivity index (χ0) is 28.1. The molecule has 40 heavy (non-hydrogen) atoms. The largest absolute Gasteiger partial charge is 0.490 e. The Labute approximate surface area is 245 Å². The number of anilines is 1. The molecule has 7 nitrogen and oxygen atoms in total. The number of halogens is 4. The van der Waals surface area contributed by atoms with Crippen molar-refractivity contribution in [3.63, 3.8) is 0 Å². The van der Waals surface area contributed by atoms with Gasteiger partial charge in [0, 0.05) is 75.4 Å². The van der Waals surface area contributed by atoms with E-state index in [0.29, 0.717) is 28.6 Å². The summed E-state index contributed by atoms with van der Waals surface area (Å²) in [5.41, 5.74) is 1.67. The standard InChI is InChI=1S/C29H31F3IN5O2/c30-29(31,32)21-1-3-23(4-2-21)37-15-9-24(10-16-37)40-25-7-13-35-26(18-25)28(39)36-22-8-14-38(27(33)17-22)19-20-5-11-34-12-6-20/h1-7,11-13,18,22,24,27H,8-10,14-17,19H2,(H,36,39). The number of rotatable bonds is 7. The summed E-state index contributed by atoms with van der Waals surface area (Å²) in [5, 5.41) is 3.14. The van der Waals surface area contributed by atoms with Crippen LogP contribution in [0.3, 0.4) is 0 Å². The summed E-state index contributed by atoms with van der Waals surface area (Å²) in [6, 6.07) is 12.8. The van der Waals surface area contributed by atoms with Crippen LogP contribution < -0.4 is 15.0 Å². The summed E-state index contributed by atoms with van der Waals surface area (Å²) in [4.78, 5) is 25.8. The molecular weight excluding hydrogens is 634 g/mol. The molecule has 5 rings (SSSR count). The lowest BCUT2D eigenvalue weighted by Crippen LogP contribution is -2.47. The van der Waals surface area contributed by atoms with E-state index in [1.54, 1.807) is 18.3 Å². The highest BCUT2D eigenvalue weighted by molar-refractivity contribution is 14.1. The van der Waals surface area contributed by atoms with Gasteiger partial charge in [-0.25, -0.2) is 0 Å². The van der Waals surface area contributed by atoms with Crippen molar-refractivity contribution in [1.29, 1.82) is 0 Å². The van der Waals surface area contributed by atoms with Gasteiger partial charge in [-0.1, -0.05) is 22.6 Å². The van der Waals surface area contributed by atoms with Crippen molar-refractivity contribution in [3.05, 3.63) is 83.9 Å². The number of likely N-dealkylation sites (tertiary alicyclic amines) is 1. The van der Waals surface area contributed by atoms with Gasteiger partial charge in [0.1, 0.15) is 17.5 Å². The second kappa shape index (κ2) is 12.7. The molecule has 2 saturated heterocycles. The molecule has 0 radical (unpaired) electrons. The van der Waals surface area contributed by atoms with Crippen LogP contribution in [0, 0.1) is 0 Å². The molecule has 1 N–H and O–H groups in total. The van der Waals surface area contributed by atoms with Gasteiger partial charge in [-0.05, 0) is 60.9 Å². The van der Waals surface area contributed by atoms with Gasteiger partial charge < -0.3 is 15.0 Å². The summed E-state index contributed by atoms with van der Waals surface area (Å²) in [7, 11) is 0. The number of amides is 1. The maximum absolute atomic E-state index is 13.0. The Morgan fingerprint density at radius 3 is 2.40 bits per heavy atom. The van der Waals surface area contributed by atoms with Gasteiger partial charge in [0.25, 0.3) is 5.91 Å². The third-order valence-electron chi connectivity index (χ3n) is 7.38. The minimum Gasteiger partial charge on any atom is -0.490 e. The summed E-state index contributed by atoms with van der Waals surface area (Å²) in [6.45, 7) is 3.10. The minimum atomic E-state index is -4.34. The number of hydrogen-bond donors (Lipinski definition) is 1. The Bertz CT molecular complexity index is 1270. The molecule has 0 saturated carbocycles. The SMILES string of the molecule is O=C(NC1CCN(Cc2ccncc2)C(I)C1)c1cc(OC2CCN(c3ccc(C(F)(F)F)cc3)CC2)ccn1. The number of carbonyl (C=O) groups excluding carboxylic acids is 1. The van der Waals surface area contributed by atoms with Crippen molar-refractivity contribution < 1.29 is 22.7 Å². The number of benzene rings is 1. The number of ether oxygens (including phenoxy) is 1. The normalized spacial score (nSPS) is 20.8. The van der Waals surface area contributed by atoms with E-state index in [0.717, 1.165) is 56.6 Å². The van der Waals surface area contributed by atoms with Crippen molar-refractivity contribution in [1.82, 2.24) is 20.2 Å². The quantitative estimate of drug-likeness (QED) is 0.199. The summed E-state index contributed by atoms with van der Waals surface area (Å²) in [5.74, 6) is 0.380. The van der Waals surface area contributed by atoms with Gasteiger partial charge in [-0.2, -0.15) is 13.2 Å². The van der Waals surface area contributed by atoms with Gasteiger partial charge in [-0.15, -0.1) is 0 Å². The molecule has 0 bridgehead atoms. The van der Waals surface area contributed by atoms with E-state index >= 15 is 0 Å². The van der Waals surface area contributed by atoms with Crippen LogP contribution in [0.25, 0.3) is 0 Å². The zero-order valence-corrected chi connectivity index (χ0v) is 24.0. The molecule has 2 fully saturated rings. The summed E-state index contributed by atoms with van der Waals surface area (Å²) >= 11 is 2.44. The van der Waals surface area contributed by atoms with Crippen LogP contribution in [0.1, 0.15) is 47.3 Å². The Morgan fingerprint density at radius 2 is 1.73 bits per heavy atom. The summed E-state index contributed by atoms with van der Waals surface area (Å²) in [6.07, 6.45) is 3.97. The van der Waals surface area contributed by atoms with E-state index in [-0.39, 0.29) is 18.1 Å². The summed E-state index contributed by atoms with van der Waals surface area (Å²) < 4.78 is 45.0. The smallest absolute Gasteiger partial charge is 0.416 e. The number of hydrogen-bond acceptors (Lipinski definition) is 6. The monoisotopic (exact) mass is 665 g/mol. The van der Waals surface area contributed by atoms with E-state index in [1.165, 1.54) is 17.7 Å². The maximum Gasteiger partial charge on any atom is 0.416 e. The van der Waals surface area contributed by atoms with E-state index in [9.17, 15) is 18.0 Å². The Balaban J connectivity index is 1.09. The van der Waals surface area contributed by atoms with E-state index < -0.39 is 11.7 Å². The van der Waals surface area contributed by atoms with Crippen molar-refractivity contribution in [2.45, 2.75) is 54.6 Å². The number of piperidine rings is 2. The maximum atomic E-state index is 13.0. The van der Waals surface area contributed by atoms with Gasteiger partial charge in [0.15, 0.2) is 0 Å². The van der Waals surface area contributed by atoms with E-state index in [4.69, 9.17) is 4.74 Å². The molecule has 212 valence electrons. The highest BCUT2D eigenvalue weighted by Crippen LogP contribution is 2.31. The Morgan fingerprint density at radius 1 is 1.00 bits per heavy atom. The lowest BCUT2D eigenvalue weighted by molar-refractivity contribution is -0.137. The third-order valence-corrected chi connectivity index (χ3v) is 8.68. The third kappa shape index (κ3) is 7.42. The Hall–Kier alpha value is -2.93. The second-order valence-corrected chi connectivity index (χ2v) is 11.6. The minimum absolute atomic E-state index is 0.0477. The zero-order valence-electron chi connectivity index (χ0n) is 21.9. The number of nitrogens with one attached hydrogen (secondary N) is 1. The first-order chi connectivity index (χ1) is 19.2. The second-order valence-electron chi connectivity index (χ2n) is 10.2. The van der Waals surface area contributed by atoms with Gasteiger partial charge in [-0.3, -0.25) is 19.7 Å². The predicted molar refractivity (Wildman–Crippen MR) is 154 cm³/mol. The number of pyridine rings is 2. The highest BCUT2D eigenvalue weighted by atomic mass is 127. The van der Waals surface area contributed by atoms with Crippen LogP contribution in [0.4, 0.5) is 18.9 Å². The van der Waals surface area contributed by atoms with Crippen molar-refractivity contribution in [3.8, 4) is 5.75 Å². The molecule has 11 heteroatoms. The molecular formula is C29H31F3IN5O2. The van der Waals surface area contributed by atoms with E-state index in [1.807, 2.05) is 24.5 Å². The van der Waals surface area contributed by atoms with Crippen LogP contribution in [0.5, 0.6) is 5.75 Å². The Kier molecular flexibility index (Phi) is 9.09. The van der Waals surface area contributed by atoms with Gasteiger partial charge in [0.05, 0.1) is 9.61 Å². The van der Waals surface area contributed by atoms with Gasteiger partial charge in [0.2, 0.25) is 0 Å². The molecule has 0 aliphatic carbocycles.